The molecule has 1 aromatic carbocycles. The van der Waals surface area contributed by atoms with Crippen LogP contribution in [0.25, 0.3) is 0 Å². The average Bonchev–Trinajstić information content (AvgIpc) is 3.28. The van der Waals surface area contributed by atoms with E-state index in [0.29, 0.717) is 19.0 Å². The van der Waals surface area contributed by atoms with Gasteiger partial charge in [-0.2, -0.15) is 5.10 Å². The van der Waals surface area contributed by atoms with Gasteiger partial charge in [-0.3, -0.25) is 14.7 Å². The Hall–Kier alpha value is -2.63. The minimum Gasteiger partial charge on any atom is -0.340 e. The van der Waals surface area contributed by atoms with E-state index in [-0.39, 0.29) is 24.2 Å². The van der Waals surface area contributed by atoms with Crippen molar-refractivity contribution in [1.82, 2.24) is 15.1 Å². The zero-order valence-electron chi connectivity index (χ0n) is 17.2. The topological polar surface area (TPSA) is 69.3 Å². The molecule has 1 aliphatic rings. The molecule has 1 N–H and O–H groups in total. The number of nitrogens with zero attached hydrogens (tertiary/aromatic N) is 3. The number of aromatic nitrogens is 2. The minimum absolute atomic E-state index is 0.00120. The van der Waals surface area contributed by atoms with Crippen molar-refractivity contribution in [2.24, 2.45) is 5.92 Å². The summed E-state index contributed by atoms with van der Waals surface area (Å²) in [6, 6.07) is 10.1. The zero-order chi connectivity index (χ0) is 20.3. The second-order valence-corrected chi connectivity index (χ2v) is 7.98. The summed E-state index contributed by atoms with van der Waals surface area (Å²) in [5, 5.41) is 7.28. The summed E-state index contributed by atoms with van der Waals surface area (Å²) in [4.78, 5) is 28.8. The van der Waals surface area contributed by atoms with Crippen LogP contribution in [-0.4, -0.2) is 40.5 Å². The first-order valence-electron chi connectivity index (χ1n) is 10.1. The van der Waals surface area contributed by atoms with Gasteiger partial charge in [-0.25, -0.2) is 0 Å². The Morgan fingerprint density at radius 3 is 2.68 bits per heavy atom. The Labute approximate surface area is 166 Å². The van der Waals surface area contributed by atoms with Gasteiger partial charge in [0, 0.05) is 25.7 Å². The van der Waals surface area contributed by atoms with Crippen molar-refractivity contribution in [3.8, 4) is 0 Å². The molecular formula is C22H30N4O2. The summed E-state index contributed by atoms with van der Waals surface area (Å²) in [5.74, 6) is 0.157. The molecule has 0 bridgehead atoms. The molecule has 1 saturated heterocycles. The van der Waals surface area contributed by atoms with E-state index in [1.165, 1.54) is 5.56 Å². The number of carbonyl (C=O) groups is 2. The van der Waals surface area contributed by atoms with E-state index < -0.39 is 0 Å². The lowest BCUT2D eigenvalue weighted by Crippen LogP contribution is -2.34. The molecule has 1 fully saturated rings. The number of hydrogen-bond acceptors (Lipinski definition) is 3. The van der Waals surface area contributed by atoms with Gasteiger partial charge in [-0.05, 0) is 36.1 Å². The van der Waals surface area contributed by atoms with Crippen molar-refractivity contribution in [1.29, 1.82) is 0 Å². The minimum atomic E-state index is -0.305. The number of nitrogens with one attached hydrogen (secondary N) is 1. The maximum atomic E-state index is 12.9. The Bertz CT molecular complexity index is 825. The summed E-state index contributed by atoms with van der Waals surface area (Å²) in [7, 11) is 1.78. The maximum Gasteiger partial charge on any atom is 0.228 e. The highest BCUT2D eigenvalue weighted by molar-refractivity contribution is 6.00. The highest BCUT2D eigenvalue weighted by Crippen LogP contribution is 2.28. The summed E-state index contributed by atoms with van der Waals surface area (Å²) in [6.07, 6.45) is 2.23. The smallest absolute Gasteiger partial charge is 0.228 e. The van der Waals surface area contributed by atoms with E-state index >= 15 is 0 Å². The number of hydrogen-bond donors (Lipinski definition) is 1. The summed E-state index contributed by atoms with van der Waals surface area (Å²) >= 11 is 0. The number of H-pyrrole nitrogens is 1. The van der Waals surface area contributed by atoms with Gasteiger partial charge in [0.05, 0.1) is 23.9 Å². The number of aromatic amines is 1. The fourth-order valence-electron chi connectivity index (χ4n) is 3.68. The molecule has 28 heavy (non-hydrogen) atoms. The van der Waals surface area contributed by atoms with Crippen molar-refractivity contribution in [2.45, 2.75) is 52.5 Å². The first-order chi connectivity index (χ1) is 13.4. The number of amides is 2. The SMILES string of the molecule is CCCc1cc(CN(C)C(=O)C2CC(=O)N(c3ccc(C(C)C)cc3)C2)[nH]n1. The second kappa shape index (κ2) is 8.59. The lowest BCUT2D eigenvalue weighted by molar-refractivity contribution is -0.135. The molecule has 2 heterocycles. The largest absolute Gasteiger partial charge is 0.340 e. The monoisotopic (exact) mass is 382 g/mol. The Morgan fingerprint density at radius 2 is 2.04 bits per heavy atom. The van der Waals surface area contributed by atoms with Crippen LogP contribution in [0.2, 0.25) is 0 Å². The third-order valence-corrected chi connectivity index (χ3v) is 5.32. The molecule has 1 aliphatic heterocycles. The number of rotatable bonds is 7. The van der Waals surface area contributed by atoms with E-state index in [9.17, 15) is 9.59 Å². The van der Waals surface area contributed by atoms with Crippen LogP contribution in [0.3, 0.4) is 0 Å². The molecule has 0 saturated carbocycles. The van der Waals surface area contributed by atoms with Gasteiger partial charge < -0.3 is 9.80 Å². The third kappa shape index (κ3) is 4.43. The second-order valence-electron chi connectivity index (χ2n) is 7.98. The number of aryl methyl sites for hydroxylation is 1. The van der Waals surface area contributed by atoms with Crippen LogP contribution in [-0.2, 0) is 22.6 Å². The summed E-state index contributed by atoms with van der Waals surface area (Å²) in [6.45, 7) is 7.32. The molecule has 0 spiro atoms. The normalized spacial score (nSPS) is 16.8. The number of carbonyl (C=O) groups excluding carboxylic acids is 2. The summed E-state index contributed by atoms with van der Waals surface area (Å²) in [5.41, 5.74) is 4.05. The Morgan fingerprint density at radius 1 is 1.32 bits per heavy atom. The molecule has 0 radical (unpaired) electrons. The van der Waals surface area contributed by atoms with Gasteiger partial charge in [-0.1, -0.05) is 39.3 Å². The number of anilines is 1. The van der Waals surface area contributed by atoms with Gasteiger partial charge in [-0.15, -0.1) is 0 Å². The number of benzene rings is 1. The van der Waals surface area contributed by atoms with Crippen LogP contribution in [0.5, 0.6) is 0 Å². The van der Waals surface area contributed by atoms with Crippen molar-refractivity contribution >= 4 is 17.5 Å². The molecule has 6 heteroatoms. The first kappa shape index (κ1) is 20.1. The third-order valence-electron chi connectivity index (χ3n) is 5.32. The molecule has 1 unspecified atom stereocenters. The Kier molecular flexibility index (Phi) is 6.17. The zero-order valence-corrected chi connectivity index (χ0v) is 17.2. The highest BCUT2D eigenvalue weighted by Gasteiger charge is 2.36. The molecule has 0 aliphatic carbocycles. The predicted molar refractivity (Wildman–Crippen MR) is 110 cm³/mol. The van der Waals surface area contributed by atoms with Crippen molar-refractivity contribution in [3.63, 3.8) is 0 Å². The molecule has 3 rings (SSSR count). The van der Waals surface area contributed by atoms with Gasteiger partial charge in [0.25, 0.3) is 0 Å². The Balaban J connectivity index is 1.62. The van der Waals surface area contributed by atoms with Crippen molar-refractivity contribution in [3.05, 3.63) is 47.3 Å². The lowest BCUT2D eigenvalue weighted by atomic mass is 10.0. The fourth-order valence-corrected chi connectivity index (χ4v) is 3.68. The van der Waals surface area contributed by atoms with Gasteiger partial charge in [0.15, 0.2) is 0 Å². The molecule has 1 atom stereocenters. The average molecular weight is 383 g/mol. The van der Waals surface area contributed by atoms with E-state index in [1.807, 2.05) is 18.2 Å². The van der Waals surface area contributed by atoms with E-state index in [0.717, 1.165) is 29.9 Å². The quantitative estimate of drug-likeness (QED) is 0.797. The van der Waals surface area contributed by atoms with E-state index in [1.54, 1.807) is 16.8 Å². The fraction of sp³-hybridized carbons (Fsp3) is 0.500. The van der Waals surface area contributed by atoms with Gasteiger partial charge in [0.2, 0.25) is 11.8 Å². The maximum absolute atomic E-state index is 12.9. The summed E-state index contributed by atoms with van der Waals surface area (Å²) < 4.78 is 0. The van der Waals surface area contributed by atoms with Gasteiger partial charge >= 0.3 is 0 Å². The van der Waals surface area contributed by atoms with Crippen molar-refractivity contribution < 1.29 is 9.59 Å². The van der Waals surface area contributed by atoms with Crippen LogP contribution in [0.15, 0.2) is 30.3 Å². The molecule has 1 aromatic heterocycles. The molecular weight excluding hydrogens is 352 g/mol. The molecule has 6 nitrogen and oxygen atoms in total. The van der Waals surface area contributed by atoms with E-state index in [4.69, 9.17) is 0 Å². The molecule has 150 valence electrons. The standard InChI is InChI=1S/C22H30N4O2/c1-5-6-18-12-19(24-23-18)14-25(4)22(28)17-11-21(27)26(13-17)20-9-7-16(8-10-20)15(2)3/h7-10,12,15,17H,5-6,11,13-14H2,1-4H3,(H,23,24). The van der Waals surface area contributed by atoms with Crippen LogP contribution in [0.4, 0.5) is 5.69 Å². The molecule has 2 aromatic rings. The van der Waals surface area contributed by atoms with E-state index in [2.05, 4.69) is 43.1 Å². The van der Waals surface area contributed by atoms with Crippen LogP contribution in [0, 0.1) is 5.92 Å². The van der Waals surface area contributed by atoms with Crippen molar-refractivity contribution in [2.75, 3.05) is 18.5 Å². The predicted octanol–water partition coefficient (Wildman–Crippen LogP) is 3.50. The highest BCUT2D eigenvalue weighted by atomic mass is 16.2. The van der Waals surface area contributed by atoms with Crippen LogP contribution >= 0.6 is 0 Å². The molecule has 2 amide bonds. The lowest BCUT2D eigenvalue weighted by Gasteiger charge is -2.21. The van der Waals surface area contributed by atoms with Crippen LogP contribution in [0.1, 0.15) is 56.5 Å². The van der Waals surface area contributed by atoms with Crippen LogP contribution < -0.4 is 4.90 Å². The van der Waals surface area contributed by atoms with Gasteiger partial charge in [0.1, 0.15) is 0 Å². The first-order valence-corrected chi connectivity index (χ1v) is 10.1.